The van der Waals surface area contributed by atoms with Crippen molar-refractivity contribution >= 4 is 11.8 Å². The van der Waals surface area contributed by atoms with Crippen molar-refractivity contribution in [3.8, 4) is 0 Å². The van der Waals surface area contributed by atoms with E-state index in [1.807, 2.05) is 13.8 Å². The first kappa shape index (κ1) is 14.2. The van der Waals surface area contributed by atoms with E-state index in [4.69, 9.17) is 4.74 Å². The van der Waals surface area contributed by atoms with Gasteiger partial charge >= 0.3 is 5.97 Å². The van der Waals surface area contributed by atoms with Gasteiger partial charge in [0.25, 0.3) is 0 Å². The number of hydrogen-bond donors (Lipinski definition) is 0. The number of ketones is 1. The fourth-order valence-electron chi connectivity index (χ4n) is 2.57. The number of unbranched alkanes of at least 4 members (excludes halogenated alkanes) is 1. The molecule has 0 bridgehead atoms. The van der Waals surface area contributed by atoms with E-state index in [1.165, 1.54) is 0 Å². The van der Waals surface area contributed by atoms with Crippen molar-refractivity contribution in [1.82, 2.24) is 0 Å². The summed E-state index contributed by atoms with van der Waals surface area (Å²) in [6.45, 7) is 5.83. The molecule has 0 radical (unpaired) electrons. The highest BCUT2D eigenvalue weighted by Crippen LogP contribution is 2.35. The fourth-order valence-corrected chi connectivity index (χ4v) is 2.57. The van der Waals surface area contributed by atoms with Crippen molar-refractivity contribution in [1.29, 1.82) is 0 Å². The van der Waals surface area contributed by atoms with Crippen LogP contribution in [0.1, 0.15) is 59.3 Å². The highest BCUT2D eigenvalue weighted by Gasteiger charge is 2.35. The van der Waals surface area contributed by atoms with Gasteiger partial charge < -0.3 is 4.74 Å². The van der Waals surface area contributed by atoms with Crippen LogP contribution in [0.5, 0.6) is 0 Å². The minimum atomic E-state index is -0.152. The number of ether oxygens (including phenoxy) is 1. The molecular formula is C14H24O3. The van der Waals surface area contributed by atoms with E-state index >= 15 is 0 Å². The summed E-state index contributed by atoms with van der Waals surface area (Å²) < 4.78 is 5.15. The molecule has 0 amide bonds. The molecule has 3 heteroatoms. The van der Waals surface area contributed by atoms with Crippen molar-refractivity contribution < 1.29 is 14.3 Å². The fraction of sp³-hybridized carbons (Fsp3) is 0.857. The smallest absolute Gasteiger partial charge is 0.306 e. The maximum atomic E-state index is 11.7. The highest BCUT2D eigenvalue weighted by atomic mass is 16.5. The van der Waals surface area contributed by atoms with E-state index in [1.54, 1.807) is 0 Å². The molecule has 0 aromatic carbocycles. The van der Waals surface area contributed by atoms with Gasteiger partial charge in [-0.3, -0.25) is 9.59 Å². The van der Waals surface area contributed by atoms with E-state index in [2.05, 4.69) is 6.92 Å². The zero-order valence-corrected chi connectivity index (χ0v) is 11.2. The second-order valence-electron chi connectivity index (χ2n) is 5.26. The lowest BCUT2D eigenvalue weighted by molar-refractivity contribution is -0.148. The molecule has 2 atom stereocenters. The summed E-state index contributed by atoms with van der Waals surface area (Å²) in [6, 6.07) is 0. The zero-order valence-electron chi connectivity index (χ0n) is 11.2. The molecule has 1 saturated carbocycles. The van der Waals surface area contributed by atoms with Crippen LogP contribution in [0.3, 0.4) is 0 Å². The van der Waals surface area contributed by atoms with Crippen molar-refractivity contribution in [2.75, 3.05) is 0 Å². The third-order valence-corrected chi connectivity index (χ3v) is 3.41. The molecule has 17 heavy (non-hydrogen) atoms. The molecule has 0 N–H and O–H groups in total. The molecule has 0 heterocycles. The van der Waals surface area contributed by atoms with E-state index in [-0.39, 0.29) is 23.9 Å². The van der Waals surface area contributed by atoms with Crippen LogP contribution in [0.4, 0.5) is 0 Å². The molecule has 98 valence electrons. The molecule has 0 saturated heterocycles. The van der Waals surface area contributed by atoms with Gasteiger partial charge in [0, 0.05) is 18.8 Å². The zero-order chi connectivity index (χ0) is 12.8. The summed E-state index contributed by atoms with van der Waals surface area (Å²) in [5, 5.41) is 0. The van der Waals surface area contributed by atoms with Gasteiger partial charge in [0.15, 0.2) is 0 Å². The van der Waals surface area contributed by atoms with E-state index in [0.717, 1.165) is 25.7 Å². The number of esters is 1. The second-order valence-corrected chi connectivity index (χ2v) is 5.26. The third-order valence-electron chi connectivity index (χ3n) is 3.41. The van der Waals surface area contributed by atoms with Gasteiger partial charge in [-0.25, -0.2) is 0 Å². The van der Waals surface area contributed by atoms with Gasteiger partial charge in [-0.15, -0.1) is 0 Å². The molecule has 0 aliphatic heterocycles. The minimum Gasteiger partial charge on any atom is -0.463 e. The number of hydrogen-bond acceptors (Lipinski definition) is 3. The van der Waals surface area contributed by atoms with Gasteiger partial charge in [-0.2, -0.15) is 0 Å². The molecule has 1 aliphatic rings. The number of carbonyl (C=O) groups excluding carboxylic acids is 2. The maximum Gasteiger partial charge on any atom is 0.306 e. The molecule has 1 fully saturated rings. The summed E-state index contributed by atoms with van der Waals surface area (Å²) in [4.78, 5) is 23.3. The lowest BCUT2D eigenvalue weighted by Crippen LogP contribution is -2.20. The Kier molecular flexibility index (Phi) is 5.66. The highest BCUT2D eigenvalue weighted by molar-refractivity contribution is 5.84. The monoisotopic (exact) mass is 240 g/mol. The van der Waals surface area contributed by atoms with Crippen molar-refractivity contribution in [3.05, 3.63) is 0 Å². The van der Waals surface area contributed by atoms with E-state index in [0.29, 0.717) is 18.6 Å². The summed E-state index contributed by atoms with van der Waals surface area (Å²) in [7, 11) is 0. The van der Waals surface area contributed by atoms with Crippen LogP contribution in [0.25, 0.3) is 0 Å². The normalized spacial score (nSPS) is 24.4. The van der Waals surface area contributed by atoms with Crippen LogP contribution >= 0.6 is 0 Å². The predicted octanol–water partition coefficient (Wildman–Crippen LogP) is 3.11. The van der Waals surface area contributed by atoms with Crippen molar-refractivity contribution in [2.24, 2.45) is 11.8 Å². The molecule has 1 aliphatic carbocycles. The van der Waals surface area contributed by atoms with Gasteiger partial charge in [0.2, 0.25) is 0 Å². The lowest BCUT2D eigenvalue weighted by Gasteiger charge is -2.18. The minimum absolute atomic E-state index is 0.0614. The molecule has 0 spiro atoms. The first-order valence-electron chi connectivity index (χ1n) is 6.76. The van der Waals surface area contributed by atoms with Crippen LogP contribution < -0.4 is 0 Å². The van der Waals surface area contributed by atoms with E-state index < -0.39 is 0 Å². The van der Waals surface area contributed by atoms with Gasteiger partial charge in [-0.1, -0.05) is 19.8 Å². The van der Waals surface area contributed by atoms with E-state index in [9.17, 15) is 9.59 Å². The topological polar surface area (TPSA) is 43.4 Å². The Bertz CT molecular complexity index is 271. The van der Waals surface area contributed by atoms with Crippen LogP contribution in [-0.2, 0) is 14.3 Å². The lowest BCUT2D eigenvalue weighted by atomic mass is 9.88. The van der Waals surface area contributed by atoms with Crippen molar-refractivity contribution in [3.63, 3.8) is 0 Å². The molecule has 1 rings (SSSR count). The Morgan fingerprint density at radius 3 is 2.76 bits per heavy atom. The third kappa shape index (κ3) is 4.49. The maximum absolute atomic E-state index is 11.7. The van der Waals surface area contributed by atoms with Crippen LogP contribution in [0.15, 0.2) is 0 Å². The SMILES string of the molecule is CCCCC1C(=O)CCC1CC(=O)OC(C)C. The molecule has 2 unspecified atom stereocenters. The Hall–Kier alpha value is -0.860. The average Bonchev–Trinajstić information content (AvgIpc) is 2.56. The number of carbonyl (C=O) groups is 2. The summed E-state index contributed by atoms with van der Waals surface area (Å²) in [5.74, 6) is 0.525. The van der Waals surface area contributed by atoms with Gasteiger partial charge in [-0.05, 0) is 32.6 Å². The van der Waals surface area contributed by atoms with Crippen molar-refractivity contribution in [2.45, 2.75) is 65.4 Å². The van der Waals surface area contributed by atoms with Gasteiger partial charge in [0.05, 0.1) is 6.10 Å². The molecule has 3 nitrogen and oxygen atoms in total. The standard InChI is InChI=1S/C14H24O3/c1-4-5-6-12-11(7-8-13(12)15)9-14(16)17-10(2)3/h10-12H,4-9H2,1-3H3. The van der Waals surface area contributed by atoms with Gasteiger partial charge in [0.1, 0.15) is 5.78 Å². The first-order chi connectivity index (χ1) is 8.04. The largest absolute Gasteiger partial charge is 0.463 e. The Morgan fingerprint density at radius 1 is 1.47 bits per heavy atom. The first-order valence-corrected chi connectivity index (χ1v) is 6.76. The summed E-state index contributed by atoms with van der Waals surface area (Å²) in [6.07, 6.45) is 4.98. The Labute approximate surface area is 104 Å². The second kappa shape index (κ2) is 6.77. The molecule has 0 aromatic rings. The van der Waals surface area contributed by atoms with Crippen LogP contribution in [-0.4, -0.2) is 17.9 Å². The van der Waals surface area contributed by atoms with Crippen LogP contribution in [0.2, 0.25) is 0 Å². The average molecular weight is 240 g/mol. The number of Topliss-reactive ketones (excluding diaryl/α,β-unsaturated/α-hetero) is 1. The summed E-state index contributed by atoms with van der Waals surface area (Å²) >= 11 is 0. The summed E-state index contributed by atoms with van der Waals surface area (Å²) in [5.41, 5.74) is 0. The Morgan fingerprint density at radius 2 is 2.18 bits per heavy atom. The van der Waals surface area contributed by atoms with Crippen LogP contribution in [0, 0.1) is 11.8 Å². The molecular weight excluding hydrogens is 216 g/mol. The quantitative estimate of drug-likeness (QED) is 0.670. The Balaban J connectivity index is 2.45. The number of rotatable bonds is 6. The molecule has 0 aromatic heterocycles. The predicted molar refractivity (Wildman–Crippen MR) is 66.6 cm³/mol.